The maximum Gasteiger partial charge on any atom is 0.224 e. The predicted molar refractivity (Wildman–Crippen MR) is 73.5 cm³/mol. The third-order valence-corrected chi connectivity index (χ3v) is 3.31. The van der Waals surface area contributed by atoms with Gasteiger partial charge in [-0.1, -0.05) is 11.6 Å². The fraction of sp³-hybridized carbons (Fsp3) is 0.417. The third-order valence-electron chi connectivity index (χ3n) is 2.38. The Morgan fingerprint density at radius 3 is 2.94 bits per heavy atom. The molecule has 0 heterocycles. The van der Waals surface area contributed by atoms with Crippen LogP contribution in [0.1, 0.15) is 19.8 Å². The zero-order valence-electron chi connectivity index (χ0n) is 9.80. The molecule has 1 aromatic carbocycles. The number of rotatable bonds is 5. The maximum atomic E-state index is 11.7. The summed E-state index contributed by atoms with van der Waals surface area (Å²) in [6, 6.07) is 5.27. The number of carbonyl (C=O) groups is 1. The highest BCUT2D eigenvalue weighted by Crippen LogP contribution is 2.26. The predicted octanol–water partition coefficient (Wildman–Crippen LogP) is 3.86. The molecule has 0 aliphatic heterocycles. The van der Waals surface area contributed by atoms with Gasteiger partial charge in [-0.25, -0.2) is 0 Å². The van der Waals surface area contributed by atoms with E-state index in [2.05, 4.69) is 21.2 Å². The van der Waals surface area contributed by atoms with E-state index in [1.807, 2.05) is 6.92 Å². The topological polar surface area (TPSA) is 38.3 Å². The van der Waals surface area contributed by atoms with Gasteiger partial charge in [-0.2, -0.15) is 0 Å². The first-order chi connectivity index (χ1) is 8.02. The molecule has 0 aliphatic rings. The summed E-state index contributed by atoms with van der Waals surface area (Å²) in [7, 11) is 1.64. The molecule has 1 rings (SSSR count). The Balaban J connectivity index is 2.53. The molecule has 1 amide bonds. The van der Waals surface area contributed by atoms with Crippen molar-refractivity contribution in [3.8, 4) is 0 Å². The van der Waals surface area contributed by atoms with Crippen molar-refractivity contribution < 1.29 is 9.53 Å². The zero-order valence-corrected chi connectivity index (χ0v) is 12.1. The normalized spacial score (nSPS) is 12.2. The van der Waals surface area contributed by atoms with Gasteiger partial charge in [0.1, 0.15) is 0 Å². The SMILES string of the molecule is COC(C)CCC(=O)Nc1cc(Cl)ccc1Br. The Morgan fingerprint density at radius 1 is 1.59 bits per heavy atom. The summed E-state index contributed by atoms with van der Waals surface area (Å²) in [4.78, 5) is 11.7. The monoisotopic (exact) mass is 319 g/mol. The lowest BCUT2D eigenvalue weighted by molar-refractivity contribution is -0.116. The Morgan fingerprint density at radius 2 is 2.29 bits per heavy atom. The summed E-state index contributed by atoms with van der Waals surface area (Å²) in [6.45, 7) is 1.93. The van der Waals surface area contributed by atoms with Crippen LogP contribution in [0.25, 0.3) is 0 Å². The summed E-state index contributed by atoms with van der Waals surface area (Å²) in [6.07, 6.45) is 1.21. The minimum Gasteiger partial charge on any atom is -0.382 e. The molecule has 0 saturated carbocycles. The van der Waals surface area contributed by atoms with E-state index < -0.39 is 0 Å². The Bertz CT molecular complexity index is 398. The molecule has 0 aromatic heterocycles. The van der Waals surface area contributed by atoms with Crippen LogP contribution in [0.2, 0.25) is 5.02 Å². The highest BCUT2D eigenvalue weighted by molar-refractivity contribution is 9.10. The summed E-state index contributed by atoms with van der Waals surface area (Å²) < 4.78 is 5.90. The summed E-state index contributed by atoms with van der Waals surface area (Å²) >= 11 is 9.21. The van der Waals surface area contributed by atoms with E-state index in [1.165, 1.54) is 0 Å². The number of nitrogens with one attached hydrogen (secondary N) is 1. The van der Waals surface area contributed by atoms with Gasteiger partial charge in [-0.05, 0) is 47.5 Å². The van der Waals surface area contributed by atoms with Crippen molar-refractivity contribution in [2.75, 3.05) is 12.4 Å². The molecule has 1 atom stereocenters. The van der Waals surface area contributed by atoms with E-state index >= 15 is 0 Å². The van der Waals surface area contributed by atoms with Crippen LogP contribution in [-0.2, 0) is 9.53 Å². The van der Waals surface area contributed by atoms with Gasteiger partial charge >= 0.3 is 0 Å². The van der Waals surface area contributed by atoms with E-state index in [1.54, 1.807) is 25.3 Å². The summed E-state index contributed by atoms with van der Waals surface area (Å²) in [5.41, 5.74) is 0.688. The minimum atomic E-state index is -0.0446. The second-order valence-corrected chi connectivity index (χ2v) is 5.05. The van der Waals surface area contributed by atoms with Gasteiger partial charge in [-0.3, -0.25) is 4.79 Å². The maximum absolute atomic E-state index is 11.7. The molecule has 1 N–H and O–H groups in total. The van der Waals surface area contributed by atoms with Crippen LogP contribution in [0.3, 0.4) is 0 Å². The van der Waals surface area contributed by atoms with Gasteiger partial charge in [0.25, 0.3) is 0 Å². The number of amides is 1. The lowest BCUT2D eigenvalue weighted by atomic mass is 10.2. The van der Waals surface area contributed by atoms with Crippen LogP contribution in [-0.4, -0.2) is 19.1 Å². The number of ether oxygens (including phenoxy) is 1. The van der Waals surface area contributed by atoms with Crippen molar-refractivity contribution >= 4 is 39.1 Å². The van der Waals surface area contributed by atoms with Crippen LogP contribution < -0.4 is 5.32 Å². The number of hydrogen-bond donors (Lipinski definition) is 1. The number of halogens is 2. The molecule has 0 radical (unpaired) electrons. The third kappa shape index (κ3) is 5.06. The van der Waals surface area contributed by atoms with Gasteiger partial charge < -0.3 is 10.1 Å². The molecule has 94 valence electrons. The molecular formula is C12H15BrClNO2. The van der Waals surface area contributed by atoms with E-state index in [9.17, 15) is 4.79 Å². The van der Waals surface area contributed by atoms with Crippen molar-refractivity contribution in [3.63, 3.8) is 0 Å². The molecule has 0 spiro atoms. The average molecular weight is 321 g/mol. The molecule has 1 unspecified atom stereocenters. The Labute approximate surface area is 115 Å². The second-order valence-electron chi connectivity index (χ2n) is 3.76. The number of methoxy groups -OCH3 is 1. The summed E-state index contributed by atoms with van der Waals surface area (Å²) in [5.74, 6) is -0.0446. The number of hydrogen-bond acceptors (Lipinski definition) is 2. The highest BCUT2D eigenvalue weighted by atomic mass is 79.9. The van der Waals surface area contributed by atoms with E-state index in [0.29, 0.717) is 23.6 Å². The molecule has 0 bridgehead atoms. The van der Waals surface area contributed by atoms with Crippen LogP contribution in [0, 0.1) is 0 Å². The second kappa shape index (κ2) is 6.99. The zero-order chi connectivity index (χ0) is 12.8. The first-order valence-corrected chi connectivity index (χ1v) is 6.47. The van der Waals surface area contributed by atoms with Gasteiger partial charge in [0.15, 0.2) is 0 Å². The number of anilines is 1. The molecule has 0 saturated heterocycles. The van der Waals surface area contributed by atoms with Crippen molar-refractivity contribution in [1.29, 1.82) is 0 Å². The van der Waals surface area contributed by atoms with Crippen molar-refractivity contribution in [2.45, 2.75) is 25.9 Å². The quantitative estimate of drug-likeness (QED) is 0.894. The van der Waals surface area contributed by atoms with Crippen molar-refractivity contribution in [3.05, 3.63) is 27.7 Å². The van der Waals surface area contributed by atoms with Gasteiger partial charge in [0.05, 0.1) is 11.8 Å². The molecule has 0 aliphatic carbocycles. The van der Waals surface area contributed by atoms with Crippen molar-refractivity contribution in [2.24, 2.45) is 0 Å². The van der Waals surface area contributed by atoms with Crippen LogP contribution in [0.5, 0.6) is 0 Å². The molecule has 3 nitrogen and oxygen atoms in total. The molecule has 0 fully saturated rings. The average Bonchev–Trinajstić information content (AvgIpc) is 2.30. The number of carbonyl (C=O) groups excluding carboxylic acids is 1. The van der Waals surface area contributed by atoms with E-state index in [0.717, 1.165) is 4.47 Å². The van der Waals surface area contributed by atoms with Crippen molar-refractivity contribution in [1.82, 2.24) is 0 Å². The fourth-order valence-corrected chi connectivity index (χ4v) is 1.78. The lowest BCUT2D eigenvalue weighted by Crippen LogP contribution is -2.15. The van der Waals surface area contributed by atoms with Gasteiger partial charge in [0.2, 0.25) is 5.91 Å². The standard InChI is InChI=1S/C12H15BrClNO2/c1-8(17-2)3-6-12(16)15-11-7-9(14)4-5-10(11)13/h4-5,7-8H,3,6H2,1-2H3,(H,15,16). The summed E-state index contributed by atoms with van der Waals surface area (Å²) in [5, 5.41) is 3.40. The molecule has 1 aromatic rings. The molecular weight excluding hydrogens is 305 g/mol. The lowest BCUT2D eigenvalue weighted by Gasteiger charge is -2.10. The smallest absolute Gasteiger partial charge is 0.224 e. The minimum absolute atomic E-state index is 0.0446. The molecule has 17 heavy (non-hydrogen) atoms. The fourth-order valence-electron chi connectivity index (χ4n) is 1.26. The van der Waals surface area contributed by atoms with Crippen LogP contribution in [0.4, 0.5) is 5.69 Å². The van der Waals surface area contributed by atoms with Gasteiger partial charge in [0, 0.05) is 23.0 Å². The van der Waals surface area contributed by atoms with Crippen LogP contribution >= 0.6 is 27.5 Å². The Hall–Kier alpha value is -0.580. The Kier molecular flexibility index (Phi) is 5.95. The highest BCUT2D eigenvalue weighted by Gasteiger charge is 2.08. The molecule has 5 heteroatoms. The number of benzene rings is 1. The van der Waals surface area contributed by atoms with E-state index in [4.69, 9.17) is 16.3 Å². The largest absolute Gasteiger partial charge is 0.382 e. The van der Waals surface area contributed by atoms with E-state index in [-0.39, 0.29) is 12.0 Å². The first-order valence-electron chi connectivity index (χ1n) is 5.30. The van der Waals surface area contributed by atoms with Gasteiger partial charge in [-0.15, -0.1) is 0 Å². The first kappa shape index (κ1) is 14.5. The van der Waals surface area contributed by atoms with Crippen LogP contribution in [0.15, 0.2) is 22.7 Å².